The van der Waals surface area contributed by atoms with Crippen molar-refractivity contribution in [1.29, 1.82) is 0 Å². The molecule has 0 spiro atoms. The summed E-state index contributed by atoms with van der Waals surface area (Å²) in [6, 6.07) is 21.4. The Morgan fingerprint density at radius 3 is 2.00 bits per heavy atom. The van der Waals surface area contributed by atoms with Crippen LogP contribution in [0.1, 0.15) is 21.5 Å². The normalized spacial score (nSPS) is 11.5. The topological polar surface area (TPSA) is 41.5 Å². The average Bonchev–Trinajstić information content (AvgIpc) is 2.68. The van der Waals surface area contributed by atoms with Gasteiger partial charge in [-0.25, -0.2) is 5.43 Å². The molecular weight excluding hydrogens is 353 g/mol. The number of carbonyl (C=O) groups excluding carboxylic acids is 1. The van der Waals surface area contributed by atoms with Gasteiger partial charge in [0, 0.05) is 5.56 Å². The lowest BCUT2D eigenvalue weighted by Crippen LogP contribution is -2.18. The van der Waals surface area contributed by atoms with E-state index in [-0.39, 0.29) is 5.56 Å². The van der Waals surface area contributed by atoms with E-state index in [2.05, 4.69) is 10.5 Å². The summed E-state index contributed by atoms with van der Waals surface area (Å²) in [4.78, 5) is 11.9. The molecule has 0 aliphatic carbocycles. The highest BCUT2D eigenvalue weighted by Gasteiger charge is 2.30. The summed E-state index contributed by atoms with van der Waals surface area (Å²) in [6.45, 7) is 0. The number of nitrogens with zero attached hydrogens (tertiary/aromatic N) is 1. The Kier molecular flexibility index (Phi) is 5.35. The van der Waals surface area contributed by atoms with Crippen LogP contribution in [0.15, 0.2) is 84.0 Å². The van der Waals surface area contributed by atoms with Crippen LogP contribution in [0.25, 0.3) is 11.1 Å². The minimum atomic E-state index is -4.43. The van der Waals surface area contributed by atoms with Gasteiger partial charge in [0.1, 0.15) is 0 Å². The molecule has 3 rings (SSSR count). The van der Waals surface area contributed by atoms with Crippen molar-refractivity contribution in [1.82, 2.24) is 5.43 Å². The molecule has 3 aromatic rings. The number of benzene rings is 3. The number of nitrogens with one attached hydrogen (secondary N) is 1. The summed E-state index contributed by atoms with van der Waals surface area (Å²) >= 11 is 0. The standard InChI is InChI=1S/C21H15F3N2O/c22-21(23,24)19-12-10-18(11-13-19)20(27)26-25-14-15-6-8-17(9-7-15)16-4-2-1-3-5-16/h1-14H,(H,26,27). The molecule has 1 N–H and O–H groups in total. The molecule has 0 bridgehead atoms. The molecular formula is C21H15F3N2O. The molecule has 0 aromatic heterocycles. The van der Waals surface area contributed by atoms with Gasteiger partial charge in [0.15, 0.2) is 0 Å². The zero-order chi connectivity index (χ0) is 19.3. The van der Waals surface area contributed by atoms with E-state index in [4.69, 9.17) is 0 Å². The molecule has 0 aliphatic heterocycles. The lowest BCUT2D eigenvalue weighted by atomic mass is 10.0. The van der Waals surface area contributed by atoms with Gasteiger partial charge in [-0.2, -0.15) is 18.3 Å². The molecule has 0 saturated heterocycles. The third-order valence-corrected chi connectivity index (χ3v) is 3.87. The van der Waals surface area contributed by atoms with E-state index >= 15 is 0 Å². The van der Waals surface area contributed by atoms with Gasteiger partial charge in [0.05, 0.1) is 11.8 Å². The lowest BCUT2D eigenvalue weighted by molar-refractivity contribution is -0.137. The van der Waals surface area contributed by atoms with Gasteiger partial charge in [0.25, 0.3) is 5.91 Å². The molecule has 1 amide bonds. The maximum atomic E-state index is 12.5. The van der Waals surface area contributed by atoms with Gasteiger partial charge >= 0.3 is 6.18 Å². The summed E-state index contributed by atoms with van der Waals surface area (Å²) in [6.07, 6.45) is -2.96. The summed E-state index contributed by atoms with van der Waals surface area (Å²) < 4.78 is 37.6. The van der Waals surface area contributed by atoms with Crippen LogP contribution in [0, 0.1) is 0 Å². The fourth-order valence-electron chi connectivity index (χ4n) is 2.43. The first kappa shape index (κ1) is 18.4. The number of hydrogen-bond donors (Lipinski definition) is 1. The molecule has 3 nitrogen and oxygen atoms in total. The Hall–Kier alpha value is -3.41. The zero-order valence-corrected chi connectivity index (χ0v) is 14.1. The number of halogens is 3. The minimum absolute atomic E-state index is 0.0968. The van der Waals surface area contributed by atoms with Crippen molar-refractivity contribution in [2.45, 2.75) is 6.18 Å². The molecule has 0 saturated carbocycles. The largest absolute Gasteiger partial charge is 0.416 e. The fourth-order valence-corrected chi connectivity index (χ4v) is 2.43. The lowest BCUT2D eigenvalue weighted by Gasteiger charge is -2.06. The van der Waals surface area contributed by atoms with E-state index in [1.165, 1.54) is 6.21 Å². The van der Waals surface area contributed by atoms with Gasteiger partial charge in [-0.1, -0.05) is 54.6 Å². The first-order valence-electron chi connectivity index (χ1n) is 8.09. The first-order valence-corrected chi connectivity index (χ1v) is 8.09. The van der Waals surface area contributed by atoms with Crippen LogP contribution < -0.4 is 5.43 Å². The predicted octanol–water partition coefficient (Wildman–Crippen LogP) is 5.14. The zero-order valence-electron chi connectivity index (χ0n) is 14.1. The summed E-state index contributed by atoms with van der Waals surface area (Å²) in [5, 5.41) is 3.84. The van der Waals surface area contributed by atoms with Crippen molar-refractivity contribution < 1.29 is 18.0 Å². The fraction of sp³-hybridized carbons (Fsp3) is 0.0476. The maximum absolute atomic E-state index is 12.5. The van der Waals surface area contributed by atoms with Crippen molar-refractivity contribution in [3.05, 3.63) is 95.6 Å². The highest BCUT2D eigenvalue weighted by atomic mass is 19.4. The monoisotopic (exact) mass is 368 g/mol. The first-order chi connectivity index (χ1) is 12.9. The summed E-state index contributed by atoms with van der Waals surface area (Å²) in [7, 11) is 0. The molecule has 0 unspecified atom stereocenters. The van der Waals surface area contributed by atoms with E-state index in [1.54, 1.807) is 0 Å². The Bertz CT molecular complexity index is 932. The van der Waals surface area contributed by atoms with Crippen LogP contribution in [0.2, 0.25) is 0 Å². The van der Waals surface area contributed by atoms with Crippen molar-refractivity contribution >= 4 is 12.1 Å². The van der Waals surface area contributed by atoms with E-state index in [9.17, 15) is 18.0 Å². The van der Waals surface area contributed by atoms with Gasteiger partial charge in [-0.05, 0) is 41.0 Å². The molecule has 136 valence electrons. The molecule has 0 aliphatic rings. The van der Waals surface area contributed by atoms with Gasteiger partial charge in [-0.15, -0.1) is 0 Å². The van der Waals surface area contributed by atoms with Crippen LogP contribution in [0.4, 0.5) is 13.2 Å². The van der Waals surface area contributed by atoms with Crippen molar-refractivity contribution in [2.75, 3.05) is 0 Å². The molecule has 0 radical (unpaired) electrons. The average molecular weight is 368 g/mol. The molecule has 27 heavy (non-hydrogen) atoms. The van der Waals surface area contributed by atoms with E-state index in [0.717, 1.165) is 41.0 Å². The van der Waals surface area contributed by atoms with Crippen molar-refractivity contribution in [3.63, 3.8) is 0 Å². The quantitative estimate of drug-likeness (QED) is 0.503. The third-order valence-electron chi connectivity index (χ3n) is 3.87. The number of amides is 1. The highest BCUT2D eigenvalue weighted by molar-refractivity contribution is 5.95. The second-order valence-electron chi connectivity index (χ2n) is 5.76. The predicted molar refractivity (Wildman–Crippen MR) is 98.4 cm³/mol. The van der Waals surface area contributed by atoms with Crippen molar-refractivity contribution in [2.24, 2.45) is 5.10 Å². The molecule has 6 heteroatoms. The smallest absolute Gasteiger partial charge is 0.267 e. The van der Waals surface area contributed by atoms with E-state index in [0.29, 0.717) is 0 Å². The Morgan fingerprint density at radius 2 is 1.41 bits per heavy atom. The van der Waals surface area contributed by atoms with Gasteiger partial charge in [0.2, 0.25) is 0 Å². The number of hydrogen-bond acceptors (Lipinski definition) is 2. The van der Waals surface area contributed by atoms with Crippen LogP contribution in [-0.4, -0.2) is 12.1 Å². The summed E-state index contributed by atoms with van der Waals surface area (Å²) in [5.41, 5.74) is 4.52. The Balaban J connectivity index is 1.61. The minimum Gasteiger partial charge on any atom is -0.267 e. The van der Waals surface area contributed by atoms with Gasteiger partial charge < -0.3 is 0 Å². The SMILES string of the molecule is O=C(NN=Cc1ccc(-c2ccccc2)cc1)c1ccc(C(F)(F)F)cc1. The summed E-state index contributed by atoms with van der Waals surface area (Å²) in [5.74, 6) is -0.583. The van der Waals surface area contributed by atoms with E-state index in [1.807, 2.05) is 54.6 Å². The number of carbonyl (C=O) groups is 1. The molecule has 0 fully saturated rings. The number of hydrazone groups is 1. The number of rotatable bonds is 4. The molecule has 0 atom stereocenters. The Labute approximate surface area is 154 Å². The van der Waals surface area contributed by atoms with Crippen LogP contribution >= 0.6 is 0 Å². The Morgan fingerprint density at radius 1 is 0.815 bits per heavy atom. The van der Waals surface area contributed by atoms with Crippen LogP contribution in [0.3, 0.4) is 0 Å². The maximum Gasteiger partial charge on any atom is 0.416 e. The molecule has 3 aromatic carbocycles. The van der Waals surface area contributed by atoms with Crippen LogP contribution in [0.5, 0.6) is 0 Å². The van der Waals surface area contributed by atoms with Crippen molar-refractivity contribution in [3.8, 4) is 11.1 Å². The van der Waals surface area contributed by atoms with Crippen LogP contribution in [-0.2, 0) is 6.18 Å². The highest BCUT2D eigenvalue weighted by Crippen LogP contribution is 2.29. The second-order valence-corrected chi connectivity index (χ2v) is 5.76. The third kappa shape index (κ3) is 4.82. The molecule has 0 heterocycles. The van der Waals surface area contributed by atoms with E-state index < -0.39 is 17.6 Å². The second kappa shape index (κ2) is 7.86. The number of alkyl halides is 3. The van der Waals surface area contributed by atoms with Gasteiger partial charge in [-0.3, -0.25) is 4.79 Å².